The first-order valence-corrected chi connectivity index (χ1v) is 6.95. The maximum atomic E-state index is 12.5. The Bertz CT molecular complexity index is 440. The van der Waals surface area contributed by atoms with Crippen molar-refractivity contribution in [2.45, 2.75) is 31.2 Å². The normalized spacial score (nSPS) is 18.2. The molecule has 1 unspecified atom stereocenters. The number of halogens is 1. The molecule has 1 aliphatic rings. The van der Waals surface area contributed by atoms with Crippen LogP contribution in [0.1, 0.15) is 25.3 Å². The summed E-state index contributed by atoms with van der Waals surface area (Å²) >= 11 is 3.40. The summed E-state index contributed by atoms with van der Waals surface area (Å²) in [5.41, 5.74) is 0.728. The van der Waals surface area contributed by atoms with Crippen LogP contribution < -0.4 is 0 Å². The van der Waals surface area contributed by atoms with Crippen LogP contribution in [-0.2, 0) is 10.2 Å². The Hall–Kier alpha value is -0.870. The maximum absolute atomic E-state index is 12.5. The molecule has 18 heavy (non-hydrogen) atoms. The molecule has 0 radical (unpaired) electrons. The van der Waals surface area contributed by atoms with E-state index in [1.165, 1.54) is 0 Å². The molecular formula is C14H18BrNO2. The molecule has 98 valence electrons. The Kier molecular flexibility index (Phi) is 3.78. The zero-order valence-corrected chi connectivity index (χ0v) is 12.3. The molecule has 1 aromatic rings. The van der Waals surface area contributed by atoms with Gasteiger partial charge in [-0.25, -0.2) is 0 Å². The first-order chi connectivity index (χ1) is 8.51. The Balaban J connectivity index is 2.21. The van der Waals surface area contributed by atoms with Gasteiger partial charge in [0.25, 0.3) is 0 Å². The lowest BCUT2D eigenvalue weighted by atomic mass is 9.94. The Labute approximate surface area is 116 Å². The quantitative estimate of drug-likeness (QED) is 0.927. The summed E-state index contributed by atoms with van der Waals surface area (Å²) in [7, 11) is 1.77. The lowest BCUT2D eigenvalue weighted by Crippen LogP contribution is -2.43. The number of carbonyl (C=O) groups excluding carboxylic acids is 1. The number of amides is 1. The standard InChI is InChI=1S/C14H18BrNO2/c1-10(9-17)16(2)13(18)14(7-8-14)11-3-5-12(15)6-4-11/h3-6,10,17H,7-9H2,1-2H3. The van der Waals surface area contributed by atoms with Crippen LogP contribution >= 0.6 is 15.9 Å². The zero-order chi connectivity index (χ0) is 13.3. The van der Waals surface area contributed by atoms with Gasteiger partial charge in [0.2, 0.25) is 5.91 Å². The molecule has 0 aliphatic heterocycles. The average Bonchev–Trinajstić information content (AvgIpc) is 3.18. The first-order valence-electron chi connectivity index (χ1n) is 6.15. The first kappa shape index (κ1) is 13.6. The number of likely N-dealkylation sites (N-methyl/N-ethyl adjacent to an activating group) is 1. The van der Waals surface area contributed by atoms with Crippen LogP contribution in [0.5, 0.6) is 0 Å². The van der Waals surface area contributed by atoms with E-state index in [-0.39, 0.29) is 24.0 Å². The van der Waals surface area contributed by atoms with Crippen LogP contribution in [0.4, 0.5) is 0 Å². The maximum Gasteiger partial charge on any atom is 0.233 e. The van der Waals surface area contributed by atoms with Crippen molar-refractivity contribution in [1.29, 1.82) is 0 Å². The fraction of sp³-hybridized carbons (Fsp3) is 0.500. The molecule has 1 amide bonds. The molecule has 2 rings (SSSR count). The molecule has 3 nitrogen and oxygen atoms in total. The number of rotatable bonds is 4. The van der Waals surface area contributed by atoms with Crippen LogP contribution in [0.2, 0.25) is 0 Å². The van der Waals surface area contributed by atoms with Crippen molar-refractivity contribution in [3.8, 4) is 0 Å². The smallest absolute Gasteiger partial charge is 0.233 e. The summed E-state index contributed by atoms with van der Waals surface area (Å²) in [6, 6.07) is 7.82. The summed E-state index contributed by atoms with van der Waals surface area (Å²) in [6.07, 6.45) is 1.80. The topological polar surface area (TPSA) is 40.5 Å². The number of hydrogen-bond donors (Lipinski definition) is 1. The molecule has 0 bridgehead atoms. The third kappa shape index (κ3) is 2.31. The van der Waals surface area contributed by atoms with E-state index in [9.17, 15) is 4.79 Å². The van der Waals surface area contributed by atoms with Crippen molar-refractivity contribution in [2.24, 2.45) is 0 Å². The summed E-state index contributed by atoms with van der Waals surface area (Å²) in [6.45, 7) is 1.86. The molecule has 1 aromatic carbocycles. The summed E-state index contributed by atoms with van der Waals surface area (Å²) in [5.74, 6) is 0.117. The van der Waals surface area contributed by atoms with Crippen LogP contribution in [-0.4, -0.2) is 35.6 Å². The summed E-state index contributed by atoms with van der Waals surface area (Å²) < 4.78 is 1.02. The highest BCUT2D eigenvalue weighted by molar-refractivity contribution is 9.10. The van der Waals surface area contributed by atoms with Gasteiger partial charge >= 0.3 is 0 Å². The van der Waals surface area contributed by atoms with E-state index >= 15 is 0 Å². The molecule has 0 heterocycles. The third-order valence-electron chi connectivity index (χ3n) is 3.80. The van der Waals surface area contributed by atoms with Crippen LogP contribution in [0.25, 0.3) is 0 Å². The molecule has 0 saturated heterocycles. The SMILES string of the molecule is CC(CO)N(C)C(=O)C1(c2ccc(Br)cc2)CC1. The van der Waals surface area contributed by atoms with E-state index in [1.54, 1.807) is 11.9 Å². The Morgan fingerprint density at radius 3 is 2.44 bits per heavy atom. The predicted molar refractivity (Wildman–Crippen MR) is 74.4 cm³/mol. The van der Waals surface area contributed by atoms with E-state index in [4.69, 9.17) is 5.11 Å². The van der Waals surface area contributed by atoms with Gasteiger partial charge in [-0.2, -0.15) is 0 Å². The molecule has 4 heteroatoms. The van der Waals surface area contributed by atoms with Crippen molar-refractivity contribution in [3.63, 3.8) is 0 Å². The van der Waals surface area contributed by atoms with Crippen molar-refractivity contribution >= 4 is 21.8 Å². The number of aliphatic hydroxyl groups is 1. The molecule has 1 atom stereocenters. The highest BCUT2D eigenvalue weighted by atomic mass is 79.9. The van der Waals surface area contributed by atoms with Crippen molar-refractivity contribution < 1.29 is 9.90 Å². The fourth-order valence-electron chi connectivity index (χ4n) is 2.18. The Morgan fingerprint density at radius 2 is 2.00 bits per heavy atom. The van der Waals surface area contributed by atoms with Gasteiger partial charge in [-0.15, -0.1) is 0 Å². The van der Waals surface area contributed by atoms with E-state index in [0.29, 0.717) is 0 Å². The monoisotopic (exact) mass is 311 g/mol. The van der Waals surface area contributed by atoms with Crippen LogP contribution in [0.15, 0.2) is 28.7 Å². The van der Waals surface area contributed by atoms with Crippen LogP contribution in [0, 0.1) is 0 Å². The lowest BCUT2D eigenvalue weighted by Gasteiger charge is -2.28. The molecule has 1 aliphatic carbocycles. The third-order valence-corrected chi connectivity index (χ3v) is 4.33. The minimum atomic E-state index is -0.348. The molecule has 0 aromatic heterocycles. The highest BCUT2D eigenvalue weighted by Crippen LogP contribution is 2.49. The van der Waals surface area contributed by atoms with Gasteiger partial charge in [0.15, 0.2) is 0 Å². The molecule has 1 fully saturated rings. The summed E-state index contributed by atoms with van der Waals surface area (Å²) in [4.78, 5) is 14.2. The highest BCUT2D eigenvalue weighted by Gasteiger charge is 2.52. The minimum absolute atomic E-state index is 0.00133. The van der Waals surface area contributed by atoms with Crippen molar-refractivity contribution in [1.82, 2.24) is 4.90 Å². The van der Waals surface area contributed by atoms with Gasteiger partial charge in [0.1, 0.15) is 0 Å². The number of hydrogen-bond acceptors (Lipinski definition) is 2. The average molecular weight is 312 g/mol. The lowest BCUT2D eigenvalue weighted by molar-refractivity contribution is -0.135. The fourth-order valence-corrected chi connectivity index (χ4v) is 2.44. The molecule has 1 N–H and O–H groups in total. The van der Waals surface area contributed by atoms with Gasteiger partial charge in [0.05, 0.1) is 18.1 Å². The van der Waals surface area contributed by atoms with Crippen molar-refractivity contribution in [2.75, 3.05) is 13.7 Å². The molecule has 0 spiro atoms. The van der Waals surface area contributed by atoms with Gasteiger partial charge in [0, 0.05) is 11.5 Å². The second kappa shape index (κ2) is 5.02. The van der Waals surface area contributed by atoms with Gasteiger partial charge in [-0.1, -0.05) is 28.1 Å². The van der Waals surface area contributed by atoms with E-state index in [2.05, 4.69) is 15.9 Å². The second-order valence-electron chi connectivity index (χ2n) is 5.04. The second-order valence-corrected chi connectivity index (χ2v) is 5.95. The van der Waals surface area contributed by atoms with Gasteiger partial charge in [-0.3, -0.25) is 4.79 Å². The largest absolute Gasteiger partial charge is 0.394 e. The van der Waals surface area contributed by atoms with Gasteiger partial charge < -0.3 is 10.0 Å². The zero-order valence-electron chi connectivity index (χ0n) is 10.7. The van der Waals surface area contributed by atoms with E-state index in [0.717, 1.165) is 22.9 Å². The van der Waals surface area contributed by atoms with Gasteiger partial charge in [-0.05, 0) is 37.5 Å². The number of nitrogens with zero attached hydrogens (tertiary/aromatic N) is 1. The van der Waals surface area contributed by atoms with E-state index in [1.807, 2.05) is 31.2 Å². The van der Waals surface area contributed by atoms with Crippen molar-refractivity contribution in [3.05, 3.63) is 34.3 Å². The molecule has 1 saturated carbocycles. The number of carbonyl (C=O) groups is 1. The molecular weight excluding hydrogens is 294 g/mol. The summed E-state index contributed by atoms with van der Waals surface area (Å²) in [5, 5.41) is 9.15. The minimum Gasteiger partial charge on any atom is -0.394 e. The van der Waals surface area contributed by atoms with Crippen LogP contribution in [0.3, 0.4) is 0 Å². The number of benzene rings is 1. The number of aliphatic hydroxyl groups excluding tert-OH is 1. The van der Waals surface area contributed by atoms with E-state index < -0.39 is 0 Å². The predicted octanol–water partition coefficient (Wildman–Crippen LogP) is 2.32. The Morgan fingerprint density at radius 1 is 1.44 bits per heavy atom.